The lowest BCUT2D eigenvalue weighted by Crippen LogP contribution is -2.44. The van der Waals surface area contributed by atoms with Gasteiger partial charge in [-0.2, -0.15) is 0 Å². The lowest BCUT2D eigenvalue weighted by molar-refractivity contribution is -0.150. The van der Waals surface area contributed by atoms with Crippen LogP contribution < -0.4 is 0 Å². The van der Waals surface area contributed by atoms with Crippen LogP contribution in [-0.4, -0.2) is 61.0 Å². The van der Waals surface area contributed by atoms with Crippen LogP contribution in [0.5, 0.6) is 0 Å². The van der Waals surface area contributed by atoms with Crippen molar-refractivity contribution in [2.75, 3.05) is 32.8 Å². The number of ether oxygens (including phenoxy) is 2. The number of aliphatic hydroxyl groups excluding tert-OH is 1. The number of carbonyl (C=O) groups is 1. The molecule has 1 N–H and O–H groups in total. The fraction of sp³-hybridized carbons (Fsp3) is 0.941. The molecule has 0 radical (unpaired) electrons. The molecule has 1 aliphatic heterocycles. The number of esters is 1. The highest BCUT2D eigenvalue weighted by Gasteiger charge is 2.28. The molecule has 0 aromatic rings. The number of β-amino-alcohol motifs (C(OH)–C–C–N with tert-alkyl or cyclic N) is 1. The summed E-state index contributed by atoms with van der Waals surface area (Å²) in [7, 11) is 0. The van der Waals surface area contributed by atoms with Crippen LogP contribution >= 0.6 is 0 Å². The molecule has 128 valence electrons. The topological polar surface area (TPSA) is 59.0 Å². The monoisotopic (exact) mass is 313 g/mol. The molecule has 1 heterocycles. The fourth-order valence-electron chi connectivity index (χ4n) is 3.50. The summed E-state index contributed by atoms with van der Waals surface area (Å²) in [5.41, 5.74) is 0. The van der Waals surface area contributed by atoms with E-state index in [1.54, 1.807) is 0 Å². The summed E-state index contributed by atoms with van der Waals surface area (Å²) in [6.07, 6.45) is 7.79. The first-order chi connectivity index (χ1) is 10.7. The highest BCUT2D eigenvalue weighted by Crippen LogP contribution is 2.21. The molecule has 22 heavy (non-hydrogen) atoms. The van der Waals surface area contributed by atoms with Crippen LogP contribution in [-0.2, 0) is 14.3 Å². The predicted molar refractivity (Wildman–Crippen MR) is 84.6 cm³/mol. The normalized spacial score (nSPS) is 25.8. The molecule has 5 nitrogen and oxygen atoms in total. The van der Waals surface area contributed by atoms with E-state index in [0.29, 0.717) is 32.4 Å². The second kappa shape index (κ2) is 9.48. The molecular formula is C17H31NO4. The first-order valence-corrected chi connectivity index (χ1v) is 8.87. The minimum atomic E-state index is -0.470. The van der Waals surface area contributed by atoms with Crippen LogP contribution in [0.3, 0.4) is 0 Å². The first kappa shape index (κ1) is 17.7. The van der Waals surface area contributed by atoms with Crippen molar-refractivity contribution in [1.29, 1.82) is 0 Å². The Morgan fingerprint density at radius 3 is 2.73 bits per heavy atom. The number of rotatable bonds is 7. The van der Waals surface area contributed by atoms with Crippen LogP contribution in [0.15, 0.2) is 0 Å². The second-order valence-corrected chi connectivity index (χ2v) is 6.60. The third kappa shape index (κ3) is 5.86. The molecule has 0 bridgehead atoms. The molecule has 5 heteroatoms. The lowest BCUT2D eigenvalue weighted by atomic mass is 9.97. The summed E-state index contributed by atoms with van der Waals surface area (Å²) < 4.78 is 10.9. The van der Waals surface area contributed by atoms with Crippen LogP contribution in [0.25, 0.3) is 0 Å². The van der Waals surface area contributed by atoms with Crippen molar-refractivity contribution in [3.63, 3.8) is 0 Å². The number of carbonyl (C=O) groups excluding carboxylic acids is 1. The number of hydrogen-bond donors (Lipinski definition) is 1. The van der Waals surface area contributed by atoms with Gasteiger partial charge in [0, 0.05) is 13.1 Å². The Bertz CT molecular complexity index is 331. The first-order valence-electron chi connectivity index (χ1n) is 8.87. The van der Waals surface area contributed by atoms with Gasteiger partial charge in [0.15, 0.2) is 0 Å². The SMILES string of the molecule is CCOC(=O)C1CCCN(CC(O)COC2CCCCC2)C1. The van der Waals surface area contributed by atoms with E-state index >= 15 is 0 Å². The minimum Gasteiger partial charge on any atom is -0.466 e. The summed E-state index contributed by atoms with van der Waals surface area (Å²) in [6.45, 7) is 4.90. The van der Waals surface area contributed by atoms with Gasteiger partial charge in [-0.15, -0.1) is 0 Å². The maximum atomic E-state index is 11.8. The average Bonchev–Trinajstić information content (AvgIpc) is 2.54. The van der Waals surface area contributed by atoms with Gasteiger partial charge < -0.3 is 14.6 Å². The van der Waals surface area contributed by atoms with Gasteiger partial charge in [-0.25, -0.2) is 0 Å². The van der Waals surface area contributed by atoms with Crippen molar-refractivity contribution < 1.29 is 19.4 Å². The Labute approximate surface area is 134 Å². The van der Waals surface area contributed by atoms with Gasteiger partial charge in [0.1, 0.15) is 0 Å². The maximum Gasteiger partial charge on any atom is 0.310 e. The number of piperidine rings is 1. The summed E-state index contributed by atoms with van der Waals surface area (Å²) in [5.74, 6) is -0.139. The molecule has 2 aliphatic rings. The highest BCUT2D eigenvalue weighted by atomic mass is 16.5. The summed E-state index contributed by atoms with van der Waals surface area (Å²) in [6, 6.07) is 0. The van der Waals surface area contributed by atoms with E-state index in [4.69, 9.17) is 9.47 Å². The van der Waals surface area contributed by atoms with E-state index in [9.17, 15) is 9.90 Å². The number of hydrogen-bond acceptors (Lipinski definition) is 5. The molecule has 0 aromatic heterocycles. The van der Waals surface area contributed by atoms with Crippen molar-refractivity contribution in [3.8, 4) is 0 Å². The van der Waals surface area contributed by atoms with Crippen LogP contribution in [0.1, 0.15) is 51.9 Å². The fourth-order valence-corrected chi connectivity index (χ4v) is 3.50. The summed E-state index contributed by atoms with van der Waals surface area (Å²) in [5, 5.41) is 10.2. The van der Waals surface area contributed by atoms with Gasteiger partial charge in [0.25, 0.3) is 0 Å². The van der Waals surface area contributed by atoms with Crippen LogP contribution in [0.2, 0.25) is 0 Å². The molecule has 2 fully saturated rings. The predicted octanol–water partition coefficient (Wildman–Crippen LogP) is 1.97. The largest absolute Gasteiger partial charge is 0.466 e. The van der Waals surface area contributed by atoms with Gasteiger partial charge in [-0.3, -0.25) is 9.69 Å². The Balaban J connectivity index is 1.66. The van der Waals surface area contributed by atoms with Crippen molar-refractivity contribution >= 4 is 5.97 Å². The molecule has 2 rings (SSSR count). The quantitative estimate of drug-likeness (QED) is 0.728. The van der Waals surface area contributed by atoms with Gasteiger partial charge in [-0.1, -0.05) is 19.3 Å². The zero-order valence-electron chi connectivity index (χ0n) is 13.8. The smallest absolute Gasteiger partial charge is 0.310 e. The summed E-state index contributed by atoms with van der Waals surface area (Å²) in [4.78, 5) is 14.0. The number of nitrogens with zero attached hydrogens (tertiary/aromatic N) is 1. The van der Waals surface area contributed by atoms with E-state index < -0.39 is 6.10 Å². The van der Waals surface area contributed by atoms with Crippen molar-refractivity contribution in [2.24, 2.45) is 5.92 Å². The second-order valence-electron chi connectivity index (χ2n) is 6.60. The Hall–Kier alpha value is -0.650. The minimum absolute atomic E-state index is 0.0415. The van der Waals surface area contributed by atoms with Gasteiger partial charge in [0.05, 0.1) is 31.3 Å². The Morgan fingerprint density at radius 2 is 2.00 bits per heavy atom. The Kier molecular flexibility index (Phi) is 7.63. The molecule has 2 atom stereocenters. The maximum absolute atomic E-state index is 11.8. The van der Waals surface area contributed by atoms with Crippen molar-refractivity contribution in [2.45, 2.75) is 64.1 Å². The molecule has 2 unspecified atom stereocenters. The van der Waals surface area contributed by atoms with Gasteiger partial charge >= 0.3 is 5.97 Å². The van der Waals surface area contributed by atoms with Crippen LogP contribution in [0.4, 0.5) is 0 Å². The van der Waals surface area contributed by atoms with Gasteiger partial charge in [-0.05, 0) is 39.2 Å². The van der Waals surface area contributed by atoms with Crippen LogP contribution in [0, 0.1) is 5.92 Å². The van der Waals surface area contributed by atoms with Gasteiger partial charge in [0.2, 0.25) is 0 Å². The van der Waals surface area contributed by atoms with E-state index in [1.807, 2.05) is 6.92 Å². The molecule has 1 aliphatic carbocycles. The van der Waals surface area contributed by atoms with E-state index in [0.717, 1.165) is 32.2 Å². The zero-order chi connectivity index (χ0) is 15.8. The lowest BCUT2D eigenvalue weighted by Gasteiger charge is -2.33. The standard InChI is InChI=1S/C17H31NO4/c1-2-21-17(20)14-7-6-10-18(11-14)12-15(19)13-22-16-8-4-3-5-9-16/h14-16,19H,2-13H2,1H3. The third-order valence-electron chi connectivity index (χ3n) is 4.67. The molecule has 0 aromatic carbocycles. The highest BCUT2D eigenvalue weighted by molar-refractivity contribution is 5.72. The van der Waals surface area contributed by atoms with E-state index in [2.05, 4.69) is 4.90 Å². The van der Waals surface area contributed by atoms with Crippen molar-refractivity contribution in [3.05, 3.63) is 0 Å². The average molecular weight is 313 g/mol. The van der Waals surface area contributed by atoms with E-state index in [-0.39, 0.29) is 11.9 Å². The zero-order valence-corrected chi connectivity index (χ0v) is 13.8. The molecule has 0 spiro atoms. The Morgan fingerprint density at radius 1 is 1.23 bits per heavy atom. The molecular weight excluding hydrogens is 282 g/mol. The van der Waals surface area contributed by atoms with E-state index in [1.165, 1.54) is 19.3 Å². The third-order valence-corrected chi connectivity index (χ3v) is 4.67. The summed E-state index contributed by atoms with van der Waals surface area (Å²) >= 11 is 0. The number of likely N-dealkylation sites (tertiary alicyclic amines) is 1. The number of aliphatic hydroxyl groups is 1. The molecule has 1 saturated carbocycles. The molecule has 1 saturated heterocycles. The van der Waals surface area contributed by atoms with Crippen molar-refractivity contribution in [1.82, 2.24) is 4.90 Å². The molecule has 0 amide bonds.